The molecule has 1 N–H and O–H groups in total. The number of carboxylic acids is 1. The van der Waals surface area contributed by atoms with Crippen molar-refractivity contribution in [3.05, 3.63) is 30.0 Å². The monoisotopic (exact) mass is 327 g/mol. The fourth-order valence-corrected chi connectivity index (χ4v) is 4.75. The molecular weight excluding hydrogens is 302 g/mol. The van der Waals surface area contributed by atoms with E-state index in [-0.39, 0.29) is 6.04 Å². The second-order valence-electron chi connectivity index (χ2n) is 7.15. The number of rotatable bonds is 4. The molecule has 1 saturated heterocycles. The number of aromatic nitrogens is 2. The van der Waals surface area contributed by atoms with Crippen LogP contribution in [0.25, 0.3) is 10.9 Å². The molecule has 0 amide bonds. The first-order valence-corrected chi connectivity index (χ1v) is 9.12. The van der Waals surface area contributed by atoms with Crippen LogP contribution in [-0.2, 0) is 17.9 Å². The molecule has 5 nitrogen and oxygen atoms in total. The molecule has 1 aliphatic carbocycles. The molecule has 4 rings (SSSR count). The molecule has 1 saturated carbocycles. The van der Waals surface area contributed by atoms with Gasteiger partial charge in [-0.1, -0.05) is 31.0 Å². The van der Waals surface area contributed by atoms with Gasteiger partial charge in [0.15, 0.2) is 0 Å². The Balaban J connectivity index is 1.69. The van der Waals surface area contributed by atoms with Crippen LogP contribution in [0.1, 0.15) is 44.7 Å². The molecule has 3 unspecified atom stereocenters. The van der Waals surface area contributed by atoms with Crippen LogP contribution in [0.5, 0.6) is 0 Å². The number of carboxylic acid groups (broad SMARTS) is 1. The van der Waals surface area contributed by atoms with Crippen molar-refractivity contribution >= 4 is 16.9 Å². The smallest absolute Gasteiger partial charge is 0.320 e. The summed E-state index contributed by atoms with van der Waals surface area (Å²) in [5.41, 5.74) is 2.16. The number of hydrogen-bond acceptors (Lipinski definition) is 3. The zero-order chi connectivity index (χ0) is 16.7. The number of para-hydroxylation sites is 1. The summed E-state index contributed by atoms with van der Waals surface area (Å²) in [5, 5.41) is 15.6. The van der Waals surface area contributed by atoms with E-state index in [2.05, 4.69) is 24.0 Å². The van der Waals surface area contributed by atoms with Crippen LogP contribution in [-0.4, -0.2) is 37.8 Å². The summed E-state index contributed by atoms with van der Waals surface area (Å²) in [5.74, 6) is -0.136. The summed E-state index contributed by atoms with van der Waals surface area (Å²) < 4.78 is 2.02. The van der Waals surface area contributed by atoms with Gasteiger partial charge in [0.25, 0.3) is 0 Å². The van der Waals surface area contributed by atoms with E-state index in [1.165, 1.54) is 19.3 Å². The first-order valence-electron chi connectivity index (χ1n) is 9.12. The van der Waals surface area contributed by atoms with Gasteiger partial charge in [-0.15, -0.1) is 0 Å². The van der Waals surface area contributed by atoms with Gasteiger partial charge in [-0.05, 0) is 38.2 Å². The van der Waals surface area contributed by atoms with Crippen molar-refractivity contribution in [2.75, 3.05) is 0 Å². The number of fused-ring (bicyclic) bond motifs is 2. The van der Waals surface area contributed by atoms with Crippen molar-refractivity contribution in [3.63, 3.8) is 0 Å². The maximum absolute atomic E-state index is 11.8. The van der Waals surface area contributed by atoms with Crippen LogP contribution in [0.2, 0.25) is 0 Å². The summed E-state index contributed by atoms with van der Waals surface area (Å²) >= 11 is 0. The minimum Gasteiger partial charge on any atom is -0.480 e. The lowest BCUT2D eigenvalue weighted by Gasteiger charge is -2.32. The predicted molar refractivity (Wildman–Crippen MR) is 92.7 cm³/mol. The van der Waals surface area contributed by atoms with E-state index in [9.17, 15) is 9.90 Å². The molecule has 1 aromatic carbocycles. The van der Waals surface area contributed by atoms with Crippen LogP contribution in [0, 0.1) is 5.92 Å². The Kier molecular flexibility index (Phi) is 4.04. The predicted octanol–water partition coefficient (Wildman–Crippen LogP) is 3.27. The third-order valence-electron chi connectivity index (χ3n) is 5.87. The molecule has 3 atom stereocenters. The largest absolute Gasteiger partial charge is 0.480 e. The minimum absolute atomic E-state index is 0.358. The highest BCUT2D eigenvalue weighted by Gasteiger charge is 2.45. The maximum atomic E-state index is 11.8. The van der Waals surface area contributed by atoms with Gasteiger partial charge in [0.05, 0.1) is 11.2 Å². The van der Waals surface area contributed by atoms with Crippen LogP contribution in [0.3, 0.4) is 0 Å². The summed E-state index contributed by atoms with van der Waals surface area (Å²) in [7, 11) is 0. The Morgan fingerprint density at radius 1 is 1.29 bits per heavy atom. The third kappa shape index (κ3) is 2.51. The van der Waals surface area contributed by atoms with E-state index in [1.807, 2.05) is 16.8 Å². The highest BCUT2D eigenvalue weighted by atomic mass is 16.4. The molecule has 24 heavy (non-hydrogen) atoms. The van der Waals surface area contributed by atoms with E-state index in [4.69, 9.17) is 5.10 Å². The van der Waals surface area contributed by atoms with Crippen molar-refractivity contribution in [2.24, 2.45) is 5.92 Å². The van der Waals surface area contributed by atoms with Gasteiger partial charge in [-0.2, -0.15) is 5.10 Å². The average molecular weight is 327 g/mol. The van der Waals surface area contributed by atoms with Crippen LogP contribution >= 0.6 is 0 Å². The number of benzene rings is 1. The first-order chi connectivity index (χ1) is 11.7. The second-order valence-corrected chi connectivity index (χ2v) is 7.15. The molecular formula is C19H25N3O2. The van der Waals surface area contributed by atoms with Gasteiger partial charge >= 0.3 is 5.97 Å². The first kappa shape index (κ1) is 15.6. The van der Waals surface area contributed by atoms with Crippen molar-refractivity contribution in [1.29, 1.82) is 0 Å². The highest BCUT2D eigenvalue weighted by Crippen LogP contribution is 2.40. The van der Waals surface area contributed by atoms with E-state index in [0.717, 1.165) is 36.0 Å². The SMILES string of the molecule is CCn1nc(CN2C(C(=O)O)CC3CCCCC32)c2ccccc21. The quantitative estimate of drug-likeness (QED) is 0.936. The Labute approximate surface area is 142 Å². The zero-order valence-corrected chi connectivity index (χ0v) is 14.2. The molecule has 2 aliphatic rings. The fourth-order valence-electron chi connectivity index (χ4n) is 4.75. The molecule has 1 aromatic heterocycles. The van der Waals surface area contributed by atoms with Crippen molar-refractivity contribution < 1.29 is 9.90 Å². The van der Waals surface area contributed by atoms with Crippen LogP contribution < -0.4 is 0 Å². The third-order valence-corrected chi connectivity index (χ3v) is 5.87. The Morgan fingerprint density at radius 2 is 2.08 bits per heavy atom. The summed E-state index contributed by atoms with van der Waals surface area (Å²) in [6, 6.07) is 8.32. The molecule has 1 aliphatic heterocycles. The maximum Gasteiger partial charge on any atom is 0.320 e. The van der Waals surface area contributed by atoms with Crippen molar-refractivity contribution in [1.82, 2.24) is 14.7 Å². The lowest BCUT2D eigenvalue weighted by atomic mass is 9.85. The molecule has 128 valence electrons. The van der Waals surface area contributed by atoms with E-state index in [1.54, 1.807) is 0 Å². The number of likely N-dealkylation sites (tertiary alicyclic amines) is 1. The molecule has 5 heteroatoms. The van der Waals surface area contributed by atoms with Gasteiger partial charge in [0, 0.05) is 24.5 Å². The van der Waals surface area contributed by atoms with Gasteiger partial charge in [-0.25, -0.2) is 0 Å². The molecule has 2 heterocycles. The fraction of sp³-hybridized carbons (Fsp3) is 0.579. The highest BCUT2D eigenvalue weighted by molar-refractivity contribution is 5.82. The van der Waals surface area contributed by atoms with Gasteiger partial charge in [0.1, 0.15) is 6.04 Å². The Bertz CT molecular complexity index is 754. The Hall–Kier alpha value is -1.88. The summed E-state index contributed by atoms with van der Waals surface area (Å²) in [4.78, 5) is 14.0. The van der Waals surface area contributed by atoms with Crippen molar-refractivity contribution in [3.8, 4) is 0 Å². The van der Waals surface area contributed by atoms with E-state index >= 15 is 0 Å². The van der Waals surface area contributed by atoms with Gasteiger partial charge < -0.3 is 5.11 Å². The number of hydrogen-bond donors (Lipinski definition) is 1. The molecule has 2 aromatic rings. The summed E-state index contributed by atoms with van der Waals surface area (Å²) in [6.07, 6.45) is 5.56. The number of carbonyl (C=O) groups is 1. The average Bonchev–Trinajstić information content (AvgIpc) is 3.15. The Morgan fingerprint density at radius 3 is 2.88 bits per heavy atom. The second kappa shape index (κ2) is 6.20. The van der Waals surface area contributed by atoms with Crippen LogP contribution in [0.15, 0.2) is 24.3 Å². The number of aryl methyl sites for hydroxylation is 1. The standard InChI is InChI=1S/C19H25N3O2/c1-2-22-17-10-6-4-8-14(17)15(20-22)12-21-16-9-5-3-7-13(16)11-18(21)19(23)24/h4,6,8,10,13,16,18H,2-3,5,7,9,11-12H2,1H3,(H,23,24). The zero-order valence-electron chi connectivity index (χ0n) is 14.2. The molecule has 2 fully saturated rings. The van der Waals surface area contributed by atoms with Gasteiger partial charge in [0.2, 0.25) is 0 Å². The van der Waals surface area contributed by atoms with Gasteiger partial charge in [-0.3, -0.25) is 14.4 Å². The van der Waals surface area contributed by atoms with E-state index < -0.39 is 5.97 Å². The van der Waals surface area contributed by atoms with Crippen molar-refractivity contribution in [2.45, 2.75) is 64.2 Å². The number of aliphatic carboxylic acids is 1. The normalized spacial score (nSPS) is 27.5. The molecule has 0 bridgehead atoms. The minimum atomic E-state index is -0.677. The lowest BCUT2D eigenvalue weighted by molar-refractivity contribution is -0.142. The van der Waals surface area contributed by atoms with E-state index in [0.29, 0.717) is 18.5 Å². The summed E-state index contributed by atoms with van der Waals surface area (Å²) in [6.45, 7) is 3.57. The molecule has 0 spiro atoms. The van der Waals surface area contributed by atoms with Crippen LogP contribution in [0.4, 0.5) is 0 Å². The number of nitrogens with zero attached hydrogens (tertiary/aromatic N) is 3. The lowest BCUT2D eigenvalue weighted by Crippen LogP contribution is -2.41. The molecule has 0 radical (unpaired) electrons. The topological polar surface area (TPSA) is 58.4 Å².